The van der Waals surface area contributed by atoms with Gasteiger partial charge in [-0.05, 0) is 51.7 Å². The van der Waals surface area contributed by atoms with E-state index in [1.165, 1.54) is 39.5 Å². The van der Waals surface area contributed by atoms with Crippen LogP contribution in [0.1, 0.15) is 46.1 Å². The number of fused-ring (bicyclic) bond motifs is 1. The number of aromatic nitrogens is 6. The second-order valence-electron chi connectivity index (χ2n) is 11.8. The van der Waals surface area contributed by atoms with Crippen molar-refractivity contribution in [3.05, 3.63) is 75.1 Å². The summed E-state index contributed by atoms with van der Waals surface area (Å²) in [6.07, 6.45) is 10.9. The molecular formula is C31H41N9O3. The number of ether oxygens (including phenoxy) is 1. The number of nitrogens with one attached hydrogen (secondary N) is 1. The standard InChI is InChI=1S/C31H41N9O3/c1-5-12-38-30(42)25-20-32-31(34-29(25)40(38)27-8-9-28(41)39(35-27)21(2)3)33-23-6-7-26(22(4)19-23)37-13-10-24(11-14-37)36-15-17-43-18-16-36/h5,7-9,19-21,23-24H,1,6,10-18H2,2-4H3,(H,32,33,34). The van der Waals surface area contributed by atoms with Gasteiger partial charge < -0.3 is 15.0 Å². The van der Waals surface area contributed by atoms with Crippen LogP contribution in [-0.2, 0) is 11.3 Å². The van der Waals surface area contributed by atoms with Crippen LogP contribution in [0.15, 0.2) is 64.0 Å². The van der Waals surface area contributed by atoms with Crippen molar-refractivity contribution in [1.29, 1.82) is 0 Å². The molecule has 1 N–H and O–H groups in total. The van der Waals surface area contributed by atoms with E-state index in [0.29, 0.717) is 28.8 Å². The molecule has 0 spiro atoms. The van der Waals surface area contributed by atoms with Crippen molar-refractivity contribution in [1.82, 2.24) is 38.9 Å². The summed E-state index contributed by atoms with van der Waals surface area (Å²) in [4.78, 5) is 40.1. The Labute approximate surface area is 250 Å². The van der Waals surface area contributed by atoms with Crippen molar-refractivity contribution in [3.8, 4) is 5.82 Å². The first kappa shape index (κ1) is 29.1. The summed E-state index contributed by atoms with van der Waals surface area (Å²) in [5, 5.41) is 8.37. The SMILES string of the molecule is C=CCn1c(=O)c2cnc(NC3C=C(C)C(N4CCC(N5CCOCC5)CC4)=CC3)nc2n1-c1ccc(=O)n(C(C)C)n1. The Morgan fingerprint density at radius 2 is 1.91 bits per heavy atom. The third kappa shape index (κ3) is 5.81. The van der Waals surface area contributed by atoms with Gasteiger partial charge in [0.1, 0.15) is 5.39 Å². The highest BCUT2D eigenvalue weighted by Gasteiger charge is 2.28. The van der Waals surface area contributed by atoms with Crippen molar-refractivity contribution in [2.45, 2.75) is 64.7 Å². The highest BCUT2D eigenvalue weighted by atomic mass is 16.5. The van der Waals surface area contributed by atoms with Gasteiger partial charge in [-0.1, -0.05) is 18.2 Å². The molecule has 1 atom stereocenters. The molecule has 1 aliphatic carbocycles. The summed E-state index contributed by atoms with van der Waals surface area (Å²) in [6.45, 7) is 15.9. The molecule has 2 saturated heterocycles. The van der Waals surface area contributed by atoms with E-state index in [4.69, 9.17) is 9.72 Å². The van der Waals surface area contributed by atoms with Gasteiger partial charge in [-0.2, -0.15) is 4.98 Å². The van der Waals surface area contributed by atoms with E-state index in [9.17, 15) is 9.59 Å². The van der Waals surface area contributed by atoms with Crippen molar-refractivity contribution in [2.24, 2.45) is 0 Å². The molecule has 3 aromatic heterocycles. The molecule has 2 fully saturated rings. The molecule has 0 aromatic carbocycles. The summed E-state index contributed by atoms with van der Waals surface area (Å²) in [5.74, 6) is 0.844. The fourth-order valence-electron chi connectivity index (χ4n) is 6.43. The minimum absolute atomic E-state index is 0.0171. The fourth-order valence-corrected chi connectivity index (χ4v) is 6.43. The normalized spacial score (nSPS) is 20.4. The first-order valence-corrected chi connectivity index (χ1v) is 15.3. The van der Waals surface area contributed by atoms with Gasteiger partial charge in [-0.3, -0.25) is 14.5 Å². The number of hydrogen-bond acceptors (Lipinski definition) is 9. The summed E-state index contributed by atoms with van der Waals surface area (Å²) in [6, 6.07) is 3.59. The second-order valence-corrected chi connectivity index (χ2v) is 11.8. The van der Waals surface area contributed by atoms with E-state index < -0.39 is 0 Å². The number of hydrogen-bond donors (Lipinski definition) is 1. The van der Waals surface area contributed by atoms with Crippen molar-refractivity contribution in [3.63, 3.8) is 0 Å². The molecule has 0 bridgehead atoms. The maximum Gasteiger partial charge on any atom is 0.278 e. The average Bonchev–Trinajstić information content (AvgIpc) is 3.28. The predicted molar refractivity (Wildman–Crippen MR) is 167 cm³/mol. The number of likely N-dealkylation sites (tertiary alicyclic amines) is 1. The van der Waals surface area contributed by atoms with Crippen molar-refractivity contribution >= 4 is 17.0 Å². The van der Waals surface area contributed by atoms with E-state index in [0.717, 1.165) is 45.8 Å². The van der Waals surface area contributed by atoms with Crippen molar-refractivity contribution < 1.29 is 4.74 Å². The molecule has 3 aromatic rings. The van der Waals surface area contributed by atoms with Gasteiger partial charge in [0.05, 0.1) is 31.8 Å². The topological polar surface area (TPSA) is 115 Å². The van der Waals surface area contributed by atoms with Gasteiger partial charge in [0, 0.05) is 50.2 Å². The first-order valence-electron chi connectivity index (χ1n) is 15.3. The molecular weight excluding hydrogens is 546 g/mol. The first-order chi connectivity index (χ1) is 20.8. The molecule has 12 heteroatoms. The number of allylic oxidation sites excluding steroid dienone is 2. The summed E-state index contributed by atoms with van der Waals surface area (Å²) in [7, 11) is 0. The van der Waals surface area contributed by atoms with Gasteiger partial charge >= 0.3 is 0 Å². The van der Waals surface area contributed by atoms with Gasteiger partial charge in [0.2, 0.25) is 5.95 Å². The molecule has 0 amide bonds. The largest absolute Gasteiger partial charge is 0.379 e. The van der Waals surface area contributed by atoms with E-state index >= 15 is 0 Å². The lowest BCUT2D eigenvalue weighted by Gasteiger charge is -2.42. The fraction of sp³-hybridized carbons (Fsp3) is 0.516. The van der Waals surface area contributed by atoms with Crippen molar-refractivity contribution in [2.75, 3.05) is 44.7 Å². The smallest absolute Gasteiger partial charge is 0.278 e. The maximum atomic E-state index is 13.3. The Balaban J connectivity index is 1.21. The molecule has 6 rings (SSSR count). The van der Waals surface area contributed by atoms with E-state index in [1.54, 1.807) is 23.0 Å². The number of piperidine rings is 1. The van der Waals surface area contributed by atoms with Gasteiger partial charge in [-0.25, -0.2) is 19.0 Å². The van der Waals surface area contributed by atoms with Crippen LogP contribution >= 0.6 is 0 Å². The quantitative estimate of drug-likeness (QED) is 0.397. The van der Waals surface area contributed by atoms with Crippen LogP contribution in [0, 0.1) is 0 Å². The Bertz CT molecular complexity index is 1670. The molecule has 2 aliphatic heterocycles. The highest BCUT2D eigenvalue weighted by Crippen LogP contribution is 2.28. The van der Waals surface area contributed by atoms with E-state index in [1.807, 2.05) is 13.8 Å². The molecule has 12 nitrogen and oxygen atoms in total. The number of rotatable bonds is 8. The molecule has 43 heavy (non-hydrogen) atoms. The Hall–Kier alpha value is -4.03. The van der Waals surface area contributed by atoms with Crippen LogP contribution in [-0.4, -0.2) is 90.4 Å². The zero-order valence-electron chi connectivity index (χ0n) is 25.3. The second kappa shape index (κ2) is 12.3. The molecule has 0 radical (unpaired) electrons. The summed E-state index contributed by atoms with van der Waals surface area (Å²) in [5.41, 5.74) is 2.52. The molecule has 228 valence electrons. The average molecular weight is 588 g/mol. The Morgan fingerprint density at radius 1 is 1.14 bits per heavy atom. The number of anilines is 1. The van der Waals surface area contributed by atoms with Crippen LogP contribution in [0.2, 0.25) is 0 Å². The Kier molecular flexibility index (Phi) is 8.31. The third-order valence-corrected chi connectivity index (χ3v) is 8.60. The van der Waals surface area contributed by atoms with E-state index in [-0.39, 0.29) is 29.7 Å². The van der Waals surface area contributed by atoms with E-state index in [2.05, 4.69) is 50.9 Å². The summed E-state index contributed by atoms with van der Waals surface area (Å²) < 4.78 is 10.1. The summed E-state index contributed by atoms with van der Waals surface area (Å²) >= 11 is 0. The highest BCUT2D eigenvalue weighted by molar-refractivity contribution is 5.76. The van der Waals surface area contributed by atoms with Crippen LogP contribution in [0.25, 0.3) is 16.9 Å². The zero-order valence-corrected chi connectivity index (χ0v) is 25.3. The lowest BCUT2D eigenvalue weighted by molar-refractivity contribution is 0.00355. The van der Waals surface area contributed by atoms with Gasteiger partial charge in [0.25, 0.3) is 11.1 Å². The third-order valence-electron chi connectivity index (χ3n) is 8.60. The molecule has 0 saturated carbocycles. The van der Waals surface area contributed by atoms with Gasteiger partial charge in [-0.15, -0.1) is 11.7 Å². The molecule has 5 heterocycles. The minimum Gasteiger partial charge on any atom is -0.379 e. The minimum atomic E-state index is -0.246. The monoisotopic (exact) mass is 587 g/mol. The molecule has 3 aliphatic rings. The van der Waals surface area contributed by atoms with Gasteiger partial charge in [0.15, 0.2) is 11.5 Å². The van der Waals surface area contributed by atoms with Crippen LogP contribution in [0.5, 0.6) is 0 Å². The zero-order chi connectivity index (χ0) is 30.1. The molecule has 1 unspecified atom stereocenters. The Morgan fingerprint density at radius 3 is 2.60 bits per heavy atom. The van der Waals surface area contributed by atoms with Crippen LogP contribution < -0.4 is 16.4 Å². The lowest BCUT2D eigenvalue weighted by Crippen LogP contribution is -2.49. The van der Waals surface area contributed by atoms with Crippen LogP contribution in [0.3, 0.4) is 0 Å². The predicted octanol–water partition coefficient (Wildman–Crippen LogP) is 2.72. The number of morpholine rings is 1. The number of nitrogens with zero attached hydrogens (tertiary/aromatic N) is 8. The van der Waals surface area contributed by atoms with Crippen LogP contribution in [0.4, 0.5) is 5.95 Å². The lowest BCUT2D eigenvalue weighted by atomic mass is 9.96. The maximum absolute atomic E-state index is 13.3.